The highest BCUT2D eigenvalue weighted by molar-refractivity contribution is 5.88. The number of aromatic amines is 1. The van der Waals surface area contributed by atoms with Gasteiger partial charge in [-0.1, -0.05) is 0 Å². The number of rotatable bonds is 1. The fraction of sp³-hybridized carbons (Fsp3) is 0.444. The van der Waals surface area contributed by atoms with Gasteiger partial charge in [0, 0.05) is 5.69 Å². The van der Waals surface area contributed by atoms with Crippen molar-refractivity contribution in [1.82, 2.24) is 4.98 Å². The first-order valence-corrected chi connectivity index (χ1v) is 4.24. The highest BCUT2D eigenvalue weighted by Crippen LogP contribution is 2.33. The molecule has 0 bridgehead atoms. The number of hydrogen-bond acceptors (Lipinski definition) is 2. The van der Waals surface area contributed by atoms with Crippen molar-refractivity contribution in [2.75, 3.05) is 0 Å². The number of aromatic nitrogens is 1. The third-order valence-electron chi connectivity index (χ3n) is 2.63. The minimum absolute atomic E-state index is 0.212. The van der Waals surface area contributed by atoms with Gasteiger partial charge in [-0.25, -0.2) is 4.79 Å². The summed E-state index contributed by atoms with van der Waals surface area (Å²) in [5.41, 5.74) is 2.64. The molecular weight excluding hydrogens is 170 g/mol. The first kappa shape index (κ1) is 8.31. The maximum Gasteiger partial charge on any atom is 0.352 e. The van der Waals surface area contributed by atoms with E-state index in [9.17, 15) is 9.90 Å². The van der Waals surface area contributed by atoms with Crippen LogP contribution in [0.3, 0.4) is 0 Å². The monoisotopic (exact) mass is 181 g/mol. The molecule has 1 aliphatic carbocycles. The van der Waals surface area contributed by atoms with Crippen molar-refractivity contribution in [3.05, 3.63) is 22.5 Å². The predicted molar refractivity (Wildman–Crippen MR) is 45.8 cm³/mol. The van der Waals surface area contributed by atoms with Crippen LogP contribution in [0.15, 0.2) is 0 Å². The zero-order valence-corrected chi connectivity index (χ0v) is 7.29. The van der Waals surface area contributed by atoms with E-state index in [0.717, 1.165) is 17.5 Å². The van der Waals surface area contributed by atoms with Crippen molar-refractivity contribution in [1.29, 1.82) is 0 Å². The Labute approximate surface area is 75.2 Å². The quantitative estimate of drug-likeness (QED) is 0.605. The van der Waals surface area contributed by atoms with Gasteiger partial charge in [-0.05, 0) is 30.9 Å². The Hall–Kier alpha value is -1.29. The Balaban J connectivity index is 2.55. The Kier molecular flexibility index (Phi) is 1.66. The number of hydrogen-bond donors (Lipinski definition) is 3. The summed E-state index contributed by atoms with van der Waals surface area (Å²) >= 11 is 0. The molecule has 0 spiro atoms. The number of carbonyl (C=O) groups is 1. The summed E-state index contributed by atoms with van der Waals surface area (Å²) in [6.45, 7) is 1.77. The molecule has 1 heterocycles. The maximum absolute atomic E-state index is 10.7. The molecule has 4 nitrogen and oxygen atoms in total. The summed E-state index contributed by atoms with van der Waals surface area (Å²) in [5.74, 6) is -0.959. The molecule has 0 radical (unpaired) electrons. The molecule has 0 aromatic carbocycles. The van der Waals surface area contributed by atoms with Gasteiger partial charge in [0.1, 0.15) is 5.69 Å². The molecule has 1 aliphatic rings. The SMILES string of the molecule is Cc1c(C(=O)O)[nH]c2c1CC[C@H]2O. The van der Waals surface area contributed by atoms with E-state index in [1.165, 1.54) is 0 Å². The topological polar surface area (TPSA) is 73.3 Å². The zero-order chi connectivity index (χ0) is 9.59. The summed E-state index contributed by atoms with van der Waals surface area (Å²) < 4.78 is 0. The van der Waals surface area contributed by atoms with Crippen molar-refractivity contribution in [2.45, 2.75) is 25.9 Å². The van der Waals surface area contributed by atoms with E-state index in [-0.39, 0.29) is 5.69 Å². The van der Waals surface area contributed by atoms with Crippen LogP contribution >= 0.6 is 0 Å². The molecule has 0 saturated carbocycles. The number of fused-ring (bicyclic) bond motifs is 1. The van der Waals surface area contributed by atoms with Crippen LogP contribution in [0, 0.1) is 6.92 Å². The Morgan fingerprint density at radius 3 is 2.85 bits per heavy atom. The van der Waals surface area contributed by atoms with Crippen LogP contribution in [0.4, 0.5) is 0 Å². The average molecular weight is 181 g/mol. The zero-order valence-electron chi connectivity index (χ0n) is 7.29. The molecule has 0 fully saturated rings. The molecule has 0 amide bonds. The lowest BCUT2D eigenvalue weighted by Crippen LogP contribution is -2.01. The van der Waals surface area contributed by atoms with E-state index < -0.39 is 12.1 Å². The van der Waals surface area contributed by atoms with E-state index in [1.54, 1.807) is 6.92 Å². The van der Waals surface area contributed by atoms with Crippen molar-refractivity contribution in [3.63, 3.8) is 0 Å². The van der Waals surface area contributed by atoms with Gasteiger partial charge in [-0.3, -0.25) is 0 Å². The molecule has 1 aromatic rings. The van der Waals surface area contributed by atoms with Crippen LogP contribution in [0.25, 0.3) is 0 Å². The van der Waals surface area contributed by atoms with Crippen LogP contribution in [0.2, 0.25) is 0 Å². The predicted octanol–water partition coefficient (Wildman–Crippen LogP) is 1.00. The lowest BCUT2D eigenvalue weighted by Gasteiger charge is -1.98. The summed E-state index contributed by atoms with van der Waals surface area (Å²) in [5, 5.41) is 18.3. The van der Waals surface area contributed by atoms with Gasteiger partial charge in [0.2, 0.25) is 0 Å². The molecule has 0 aliphatic heterocycles. The smallest absolute Gasteiger partial charge is 0.352 e. The van der Waals surface area contributed by atoms with Crippen molar-refractivity contribution in [2.24, 2.45) is 0 Å². The van der Waals surface area contributed by atoms with Crippen LogP contribution in [0.1, 0.15) is 39.8 Å². The van der Waals surface area contributed by atoms with Gasteiger partial charge < -0.3 is 15.2 Å². The molecule has 3 N–H and O–H groups in total. The van der Waals surface area contributed by atoms with Crippen LogP contribution in [-0.2, 0) is 6.42 Å². The number of nitrogens with one attached hydrogen (secondary N) is 1. The lowest BCUT2D eigenvalue weighted by molar-refractivity contribution is 0.0689. The number of carboxylic acid groups (broad SMARTS) is 1. The number of carboxylic acids is 1. The molecule has 0 saturated heterocycles. The minimum atomic E-state index is -0.959. The van der Waals surface area contributed by atoms with Crippen LogP contribution < -0.4 is 0 Å². The van der Waals surface area contributed by atoms with Crippen molar-refractivity contribution in [3.8, 4) is 0 Å². The summed E-state index contributed by atoms with van der Waals surface area (Å²) in [6.07, 6.45) is 0.954. The number of H-pyrrole nitrogens is 1. The fourth-order valence-corrected chi connectivity index (χ4v) is 1.90. The normalized spacial score (nSPS) is 20.3. The van der Waals surface area contributed by atoms with E-state index in [0.29, 0.717) is 12.1 Å². The van der Waals surface area contributed by atoms with Gasteiger partial charge in [0.15, 0.2) is 0 Å². The highest BCUT2D eigenvalue weighted by Gasteiger charge is 2.27. The third-order valence-corrected chi connectivity index (χ3v) is 2.63. The van der Waals surface area contributed by atoms with E-state index in [2.05, 4.69) is 4.98 Å². The summed E-state index contributed by atoms with van der Waals surface area (Å²) in [7, 11) is 0. The molecule has 4 heteroatoms. The average Bonchev–Trinajstić information content (AvgIpc) is 2.55. The number of aliphatic hydroxyl groups is 1. The molecular formula is C9H11NO3. The first-order valence-electron chi connectivity index (χ1n) is 4.24. The van der Waals surface area contributed by atoms with E-state index >= 15 is 0 Å². The minimum Gasteiger partial charge on any atom is -0.477 e. The second-order valence-corrected chi connectivity index (χ2v) is 3.38. The van der Waals surface area contributed by atoms with E-state index in [1.807, 2.05) is 0 Å². The van der Waals surface area contributed by atoms with Gasteiger partial charge >= 0.3 is 5.97 Å². The Bertz CT molecular complexity index is 367. The first-order chi connectivity index (χ1) is 6.11. The molecule has 0 unspecified atom stereocenters. The molecule has 70 valence electrons. The van der Waals surface area contributed by atoms with Crippen LogP contribution in [-0.4, -0.2) is 21.2 Å². The summed E-state index contributed by atoms with van der Waals surface area (Å²) in [4.78, 5) is 13.5. The van der Waals surface area contributed by atoms with Gasteiger partial charge in [-0.15, -0.1) is 0 Å². The standard InChI is InChI=1S/C9H11NO3/c1-4-5-2-3-6(11)8(5)10-7(4)9(12)13/h6,10-11H,2-3H2,1H3,(H,12,13)/t6-/m1/s1. The lowest BCUT2D eigenvalue weighted by atomic mass is 10.1. The molecule has 1 aromatic heterocycles. The van der Waals surface area contributed by atoms with E-state index in [4.69, 9.17) is 5.11 Å². The second kappa shape index (κ2) is 2.60. The fourth-order valence-electron chi connectivity index (χ4n) is 1.90. The van der Waals surface area contributed by atoms with Gasteiger partial charge in [0.05, 0.1) is 6.10 Å². The maximum atomic E-state index is 10.7. The summed E-state index contributed by atoms with van der Waals surface area (Å²) in [6, 6.07) is 0. The van der Waals surface area contributed by atoms with Gasteiger partial charge in [-0.2, -0.15) is 0 Å². The third kappa shape index (κ3) is 1.06. The Morgan fingerprint density at radius 1 is 1.62 bits per heavy atom. The number of aromatic carboxylic acids is 1. The van der Waals surface area contributed by atoms with Crippen molar-refractivity contribution < 1.29 is 15.0 Å². The van der Waals surface area contributed by atoms with Gasteiger partial charge in [0.25, 0.3) is 0 Å². The molecule has 2 rings (SSSR count). The van der Waals surface area contributed by atoms with Crippen LogP contribution in [0.5, 0.6) is 0 Å². The Morgan fingerprint density at radius 2 is 2.31 bits per heavy atom. The second-order valence-electron chi connectivity index (χ2n) is 3.38. The number of aliphatic hydroxyl groups excluding tert-OH is 1. The molecule has 13 heavy (non-hydrogen) atoms. The molecule has 1 atom stereocenters. The van der Waals surface area contributed by atoms with Crippen molar-refractivity contribution >= 4 is 5.97 Å². The largest absolute Gasteiger partial charge is 0.477 e. The highest BCUT2D eigenvalue weighted by atomic mass is 16.4.